The Morgan fingerprint density at radius 3 is 2.62 bits per heavy atom. The number of nitrogens with zero attached hydrogens (tertiary/aromatic N) is 2. The normalized spacial score (nSPS) is 12.6. The zero-order valence-corrected chi connectivity index (χ0v) is 20.7. The van der Waals surface area contributed by atoms with Crippen molar-refractivity contribution in [2.75, 3.05) is 17.1 Å². The highest BCUT2D eigenvalue weighted by Gasteiger charge is 2.17. The fraction of sp³-hybridized carbons (Fsp3) is 0.192. The van der Waals surface area contributed by atoms with Crippen LogP contribution >= 0.6 is 0 Å². The molecule has 5 rings (SSSR count). The topological polar surface area (TPSA) is 133 Å². The summed E-state index contributed by atoms with van der Waals surface area (Å²) in [7, 11) is -2.49. The van der Waals surface area contributed by atoms with Gasteiger partial charge in [-0.05, 0) is 78.9 Å². The third-order valence-corrected chi connectivity index (χ3v) is 7.22. The predicted octanol–water partition coefficient (Wildman–Crippen LogP) is 4.20. The number of amides is 1. The van der Waals surface area contributed by atoms with Crippen LogP contribution < -0.4 is 19.5 Å². The zero-order chi connectivity index (χ0) is 25.8. The number of carbonyl (C=O) groups excluding carboxylic acids is 1. The molecule has 10 nitrogen and oxygen atoms in total. The number of hydrogen-bond acceptors (Lipinski definition) is 8. The number of aryl methyl sites for hydroxylation is 2. The average Bonchev–Trinajstić information content (AvgIpc) is 3.57. The molecule has 11 heteroatoms. The van der Waals surface area contributed by atoms with E-state index in [1.165, 1.54) is 61.3 Å². The first kappa shape index (κ1) is 24.3. The molecule has 0 unspecified atom stereocenters. The maximum Gasteiger partial charge on any atom is 0.291 e. The first-order valence-electron chi connectivity index (χ1n) is 11.5. The SMILES string of the molecule is COc1cc(NS(=O)(=O)c2ccc(NC(=O)c3ccc(COc4ccc5c(c4)CCC5)o3)cc2)ncn1. The highest BCUT2D eigenvalue weighted by molar-refractivity contribution is 7.92. The molecule has 1 amide bonds. The lowest BCUT2D eigenvalue weighted by Gasteiger charge is -2.09. The number of benzene rings is 2. The lowest BCUT2D eigenvalue weighted by atomic mass is 10.1. The van der Waals surface area contributed by atoms with Gasteiger partial charge in [-0.1, -0.05) is 6.07 Å². The molecule has 2 heterocycles. The van der Waals surface area contributed by atoms with E-state index in [9.17, 15) is 13.2 Å². The molecule has 2 aromatic carbocycles. The van der Waals surface area contributed by atoms with Crippen molar-refractivity contribution in [3.63, 3.8) is 0 Å². The molecule has 0 spiro atoms. The number of furan rings is 1. The number of rotatable bonds is 9. The van der Waals surface area contributed by atoms with E-state index in [4.69, 9.17) is 13.9 Å². The van der Waals surface area contributed by atoms with E-state index in [-0.39, 0.29) is 29.0 Å². The van der Waals surface area contributed by atoms with Gasteiger partial charge in [0.15, 0.2) is 5.76 Å². The first-order chi connectivity index (χ1) is 17.9. The molecule has 0 saturated heterocycles. The third kappa shape index (κ3) is 5.72. The van der Waals surface area contributed by atoms with Gasteiger partial charge >= 0.3 is 0 Å². The van der Waals surface area contributed by atoms with Crippen LogP contribution in [0.25, 0.3) is 0 Å². The predicted molar refractivity (Wildman–Crippen MR) is 135 cm³/mol. The molecule has 0 bridgehead atoms. The van der Waals surface area contributed by atoms with Gasteiger partial charge in [0, 0.05) is 11.8 Å². The quantitative estimate of drug-likeness (QED) is 0.336. The molecule has 37 heavy (non-hydrogen) atoms. The van der Waals surface area contributed by atoms with E-state index >= 15 is 0 Å². The van der Waals surface area contributed by atoms with E-state index in [1.54, 1.807) is 12.1 Å². The summed E-state index contributed by atoms with van der Waals surface area (Å²) in [6.07, 6.45) is 4.54. The molecule has 0 atom stereocenters. The highest BCUT2D eigenvalue weighted by atomic mass is 32.2. The Balaban J connectivity index is 1.18. The first-order valence-corrected chi connectivity index (χ1v) is 13.0. The van der Waals surface area contributed by atoms with Crippen LogP contribution in [-0.4, -0.2) is 31.4 Å². The van der Waals surface area contributed by atoms with E-state index in [2.05, 4.69) is 32.1 Å². The van der Waals surface area contributed by atoms with Crippen LogP contribution in [0.4, 0.5) is 11.5 Å². The number of anilines is 2. The number of fused-ring (bicyclic) bond motifs is 1. The van der Waals surface area contributed by atoms with Crippen molar-refractivity contribution in [3.8, 4) is 11.6 Å². The van der Waals surface area contributed by atoms with Crippen molar-refractivity contribution in [1.82, 2.24) is 9.97 Å². The Labute approximate surface area is 213 Å². The Hall–Kier alpha value is -4.38. The molecule has 1 aliphatic rings. The van der Waals surface area contributed by atoms with Crippen LogP contribution in [0.3, 0.4) is 0 Å². The highest BCUT2D eigenvalue weighted by Crippen LogP contribution is 2.27. The van der Waals surface area contributed by atoms with Crippen LogP contribution in [0.15, 0.2) is 76.3 Å². The number of ether oxygens (including phenoxy) is 2. The van der Waals surface area contributed by atoms with Gasteiger partial charge in [-0.25, -0.2) is 18.4 Å². The van der Waals surface area contributed by atoms with Gasteiger partial charge in [0.1, 0.15) is 30.3 Å². The number of sulfonamides is 1. The lowest BCUT2D eigenvalue weighted by molar-refractivity contribution is 0.0992. The third-order valence-electron chi connectivity index (χ3n) is 5.85. The average molecular weight is 521 g/mol. The molecule has 0 fully saturated rings. The summed E-state index contributed by atoms with van der Waals surface area (Å²) in [5, 5.41) is 2.69. The van der Waals surface area contributed by atoms with Gasteiger partial charge in [-0.2, -0.15) is 0 Å². The summed E-state index contributed by atoms with van der Waals surface area (Å²) in [6.45, 7) is 0.198. The van der Waals surface area contributed by atoms with Gasteiger partial charge in [-0.15, -0.1) is 0 Å². The molecule has 1 aliphatic carbocycles. The fourth-order valence-corrected chi connectivity index (χ4v) is 4.98. The molecular formula is C26H24N4O6S. The minimum absolute atomic E-state index is 0.00735. The van der Waals surface area contributed by atoms with Gasteiger partial charge in [0.2, 0.25) is 5.88 Å². The summed E-state index contributed by atoms with van der Waals surface area (Å²) in [6, 6.07) is 16.4. The summed E-state index contributed by atoms with van der Waals surface area (Å²) < 4.78 is 44.1. The van der Waals surface area contributed by atoms with Crippen molar-refractivity contribution in [3.05, 3.63) is 89.6 Å². The van der Waals surface area contributed by atoms with Crippen molar-refractivity contribution >= 4 is 27.4 Å². The molecular weight excluding hydrogens is 496 g/mol. The summed E-state index contributed by atoms with van der Waals surface area (Å²) in [5.74, 6) is 1.22. The van der Waals surface area contributed by atoms with Gasteiger partial charge in [0.05, 0.1) is 12.0 Å². The van der Waals surface area contributed by atoms with Crippen LogP contribution in [-0.2, 0) is 29.5 Å². The molecule has 0 radical (unpaired) electrons. The summed E-state index contributed by atoms with van der Waals surface area (Å²) >= 11 is 0. The number of hydrogen-bond donors (Lipinski definition) is 2. The number of carbonyl (C=O) groups is 1. The van der Waals surface area contributed by atoms with E-state index in [0.717, 1.165) is 18.6 Å². The van der Waals surface area contributed by atoms with Crippen LogP contribution in [0.2, 0.25) is 0 Å². The Morgan fingerprint density at radius 1 is 1.00 bits per heavy atom. The van der Waals surface area contributed by atoms with Crippen molar-refractivity contribution < 1.29 is 27.1 Å². The second kappa shape index (κ2) is 10.3. The maximum absolute atomic E-state index is 12.7. The van der Waals surface area contributed by atoms with Gasteiger partial charge in [-0.3, -0.25) is 9.52 Å². The molecule has 190 valence electrons. The minimum atomic E-state index is -3.91. The van der Waals surface area contributed by atoms with Gasteiger partial charge < -0.3 is 19.2 Å². The molecule has 0 aliphatic heterocycles. The van der Waals surface area contributed by atoms with Crippen molar-refractivity contribution in [1.29, 1.82) is 0 Å². The number of nitrogens with one attached hydrogen (secondary N) is 2. The second-order valence-corrected chi connectivity index (χ2v) is 10.1. The number of aromatic nitrogens is 2. The Bertz CT molecular complexity index is 1530. The number of methoxy groups -OCH3 is 1. The Morgan fingerprint density at radius 2 is 1.81 bits per heavy atom. The maximum atomic E-state index is 12.7. The van der Waals surface area contributed by atoms with Gasteiger partial charge in [0.25, 0.3) is 15.9 Å². The minimum Gasteiger partial charge on any atom is -0.486 e. The monoisotopic (exact) mass is 520 g/mol. The van der Waals surface area contributed by atoms with Crippen LogP contribution in [0.1, 0.15) is 33.9 Å². The van der Waals surface area contributed by atoms with E-state index in [1.807, 2.05) is 6.07 Å². The second-order valence-electron chi connectivity index (χ2n) is 8.37. The largest absolute Gasteiger partial charge is 0.486 e. The summed E-state index contributed by atoms with van der Waals surface area (Å²) in [5.41, 5.74) is 3.10. The van der Waals surface area contributed by atoms with Crippen molar-refractivity contribution in [2.45, 2.75) is 30.8 Å². The van der Waals surface area contributed by atoms with E-state index in [0.29, 0.717) is 11.4 Å². The zero-order valence-electron chi connectivity index (χ0n) is 19.9. The lowest BCUT2D eigenvalue weighted by Crippen LogP contribution is -2.15. The summed E-state index contributed by atoms with van der Waals surface area (Å²) in [4.78, 5) is 20.3. The standard InChI is InChI=1S/C26H24N4O6S/c1-34-25-14-24(27-16-28-25)30-37(32,33)22-10-6-19(7-11-22)29-26(31)23-12-9-21(36-23)15-35-20-8-5-17-3-2-4-18(17)13-20/h5-14,16H,2-4,15H2,1H3,(H,29,31)(H,27,28,30). The van der Waals surface area contributed by atoms with Crippen LogP contribution in [0.5, 0.6) is 11.6 Å². The molecule has 2 N–H and O–H groups in total. The molecule has 2 aromatic heterocycles. The van der Waals surface area contributed by atoms with Crippen LogP contribution in [0, 0.1) is 0 Å². The van der Waals surface area contributed by atoms with E-state index < -0.39 is 15.9 Å². The molecule has 0 saturated carbocycles. The Kier molecular flexibility index (Phi) is 6.78. The molecule has 4 aromatic rings. The smallest absolute Gasteiger partial charge is 0.291 e. The van der Waals surface area contributed by atoms with Crippen molar-refractivity contribution in [2.24, 2.45) is 0 Å². The fourth-order valence-electron chi connectivity index (χ4n) is 3.98.